The predicted molar refractivity (Wildman–Crippen MR) is 120 cm³/mol. The predicted octanol–water partition coefficient (Wildman–Crippen LogP) is 2.23. The minimum atomic E-state index is -4.63. The van der Waals surface area contributed by atoms with E-state index in [1.165, 1.54) is 30.0 Å². The summed E-state index contributed by atoms with van der Waals surface area (Å²) in [7, 11) is 0. The standard InChI is InChI=1S/C23H28F3N5O3/c1-4-15(2)27-20(33)14-29-9-11-30(12-10-29)22(34)21-19(32)13-16(3)31(28-21)18-8-6-5-7-17(18)23(24,25)26/h5-8,13,15H,4,9-12,14H2,1-3H3,(H,27,33). The molecule has 1 aliphatic heterocycles. The molecule has 34 heavy (non-hydrogen) atoms. The number of carbonyl (C=O) groups excluding carboxylic acids is 2. The lowest BCUT2D eigenvalue weighted by Gasteiger charge is -2.34. The van der Waals surface area contributed by atoms with Crippen molar-refractivity contribution in [3.8, 4) is 5.69 Å². The zero-order valence-electron chi connectivity index (χ0n) is 19.4. The third-order valence-corrected chi connectivity index (χ3v) is 5.79. The lowest BCUT2D eigenvalue weighted by molar-refractivity contribution is -0.137. The Labute approximate surface area is 195 Å². The van der Waals surface area contributed by atoms with E-state index >= 15 is 0 Å². The van der Waals surface area contributed by atoms with Gasteiger partial charge in [-0.15, -0.1) is 0 Å². The largest absolute Gasteiger partial charge is 0.418 e. The summed E-state index contributed by atoms with van der Waals surface area (Å²) in [5.74, 6) is -0.743. The van der Waals surface area contributed by atoms with Crippen molar-refractivity contribution in [2.75, 3.05) is 32.7 Å². The molecule has 1 aromatic heterocycles. The Balaban J connectivity index is 1.78. The first-order valence-electron chi connectivity index (χ1n) is 11.1. The molecule has 1 N–H and O–H groups in total. The third-order valence-electron chi connectivity index (χ3n) is 5.79. The van der Waals surface area contributed by atoms with Crippen LogP contribution in [0.25, 0.3) is 5.69 Å². The first kappa shape index (κ1) is 25.4. The number of nitrogens with one attached hydrogen (secondary N) is 1. The maximum atomic E-state index is 13.5. The molecule has 184 valence electrons. The van der Waals surface area contributed by atoms with Gasteiger partial charge in [0.15, 0.2) is 5.69 Å². The third kappa shape index (κ3) is 5.82. The number of rotatable bonds is 6. The number of hydrogen-bond donors (Lipinski definition) is 1. The fourth-order valence-corrected chi connectivity index (χ4v) is 3.72. The molecule has 1 unspecified atom stereocenters. The SMILES string of the molecule is CCC(C)NC(=O)CN1CCN(C(=O)c2nn(-c3ccccc3C(F)(F)F)c(C)cc2=O)CC1. The van der Waals surface area contributed by atoms with E-state index in [-0.39, 0.29) is 43.0 Å². The Morgan fingerprint density at radius 2 is 1.79 bits per heavy atom. The van der Waals surface area contributed by atoms with Crippen molar-refractivity contribution in [1.29, 1.82) is 0 Å². The molecular weight excluding hydrogens is 451 g/mol. The second kappa shape index (κ2) is 10.4. The molecule has 2 heterocycles. The van der Waals surface area contributed by atoms with Gasteiger partial charge in [0.05, 0.1) is 17.8 Å². The first-order chi connectivity index (χ1) is 16.0. The lowest BCUT2D eigenvalue weighted by Crippen LogP contribution is -2.52. The van der Waals surface area contributed by atoms with Crippen molar-refractivity contribution >= 4 is 11.8 Å². The maximum absolute atomic E-state index is 13.5. The van der Waals surface area contributed by atoms with Gasteiger partial charge in [0.2, 0.25) is 11.3 Å². The van der Waals surface area contributed by atoms with Crippen LogP contribution >= 0.6 is 0 Å². The van der Waals surface area contributed by atoms with E-state index in [1.54, 1.807) is 0 Å². The average Bonchev–Trinajstić information content (AvgIpc) is 2.78. The van der Waals surface area contributed by atoms with E-state index in [4.69, 9.17) is 0 Å². The van der Waals surface area contributed by atoms with E-state index in [2.05, 4.69) is 10.4 Å². The van der Waals surface area contributed by atoms with Crippen LogP contribution in [0.2, 0.25) is 0 Å². The lowest BCUT2D eigenvalue weighted by atomic mass is 10.1. The molecule has 11 heteroatoms. The molecule has 0 bridgehead atoms. The molecule has 2 aromatic rings. The quantitative estimate of drug-likeness (QED) is 0.687. The highest BCUT2D eigenvalue weighted by Gasteiger charge is 2.34. The van der Waals surface area contributed by atoms with Gasteiger partial charge < -0.3 is 10.2 Å². The first-order valence-corrected chi connectivity index (χ1v) is 11.1. The van der Waals surface area contributed by atoms with Crippen LogP contribution in [0.5, 0.6) is 0 Å². The molecule has 1 fully saturated rings. The number of para-hydroxylation sites is 1. The Morgan fingerprint density at radius 3 is 2.41 bits per heavy atom. The molecule has 0 saturated carbocycles. The Bertz CT molecular complexity index is 1110. The van der Waals surface area contributed by atoms with Gasteiger partial charge in [-0.1, -0.05) is 19.1 Å². The summed E-state index contributed by atoms with van der Waals surface area (Å²) in [5, 5.41) is 6.93. The second-order valence-electron chi connectivity index (χ2n) is 8.37. The van der Waals surface area contributed by atoms with E-state index in [0.717, 1.165) is 23.2 Å². The number of carbonyl (C=O) groups is 2. The van der Waals surface area contributed by atoms with E-state index in [0.29, 0.717) is 13.1 Å². The normalized spacial score (nSPS) is 15.8. The number of nitrogens with zero attached hydrogens (tertiary/aromatic N) is 4. The summed E-state index contributed by atoms with van der Waals surface area (Å²) in [5.41, 5.74) is -2.10. The molecule has 3 rings (SSSR count). The number of alkyl halides is 3. The van der Waals surface area contributed by atoms with Crippen molar-refractivity contribution < 1.29 is 22.8 Å². The summed E-state index contributed by atoms with van der Waals surface area (Å²) in [6, 6.07) is 6.05. The van der Waals surface area contributed by atoms with E-state index < -0.39 is 28.8 Å². The zero-order chi connectivity index (χ0) is 25.0. The Kier molecular flexibility index (Phi) is 7.75. The van der Waals surface area contributed by atoms with Gasteiger partial charge in [-0.25, -0.2) is 4.68 Å². The summed E-state index contributed by atoms with van der Waals surface area (Å²) >= 11 is 0. The second-order valence-corrected chi connectivity index (χ2v) is 8.37. The highest BCUT2D eigenvalue weighted by Crippen LogP contribution is 2.33. The number of aromatic nitrogens is 2. The number of piperazine rings is 1. The fraction of sp³-hybridized carbons (Fsp3) is 0.478. The maximum Gasteiger partial charge on any atom is 0.418 e. The Hall–Kier alpha value is -3.21. The zero-order valence-corrected chi connectivity index (χ0v) is 19.4. The fourth-order valence-electron chi connectivity index (χ4n) is 3.72. The summed E-state index contributed by atoms with van der Waals surface area (Å²) in [6.45, 7) is 6.95. The highest BCUT2D eigenvalue weighted by molar-refractivity contribution is 5.92. The molecule has 8 nitrogen and oxygen atoms in total. The molecule has 1 aliphatic rings. The monoisotopic (exact) mass is 479 g/mol. The van der Waals surface area contributed by atoms with Gasteiger partial charge in [-0.05, 0) is 32.4 Å². The van der Waals surface area contributed by atoms with Crippen LogP contribution in [0.15, 0.2) is 35.1 Å². The van der Waals surface area contributed by atoms with Crippen molar-refractivity contribution in [3.63, 3.8) is 0 Å². The van der Waals surface area contributed by atoms with Crippen LogP contribution in [0.3, 0.4) is 0 Å². The highest BCUT2D eigenvalue weighted by atomic mass is 19.4. The molecular formula is C23H28F3N5O3. The molecule has 0 radical (unpaired) electrons. The average molecular weight is 480 g/mol. The number of amides is 2. The topological polar surface area (TPSA) is 87.5 Å². The van der Waals surface area contributed by atoms with Crippen molar-refractivity contribution in [3.05, 3.63) is 57.5 Å². The molecule has 0 aliphatic carbocycles. The van der Waals surface area contributed by atoms with Crippen LogP contribution in [0.4, 0.5) is 13.2 Å². The molecule has 1 aromatic carbocycles. The van der Waals surface area contributed by atoms with Gasteiger partial charge in [0.25, 0.3) is 5.91 Å². The van der Waals surface area contributed by atoms with Crippen LogP contribution in [-0.2, 0) is 11.0 Å². The van der Waals surface area contributed by atoms with Gasteiger partial charge >= 0.3 is 6.18 Å². The summed E-state index contributed by atoms with van der Waals surface area (Å²) in [4.78, 5) is 41.0. The molecule has 1 atom stereocenters. The number of aryl methyl sites for hydroxylation is 1. The molecule has 1 saturated heterocycles. The number of benzene rings is 1. The van der Waals surface area contributed by atoms with Crippen LogP contribution in [0.1, 0.15) is 42.0 Å². The van der Waals surface area contributed by atoms with Crippen molar-refractivity contribution in [2.24, 2.45) is 0 Å². The Morgan fingerprint density at radius 1 is 1.15 bits per heavy atom. The van der Waals surface area contributed by atoms with Gasteiger partial charge in [0, 0.05) is 44.0 Å². The number of halogens is 3. The van der Waals surface area contributed by atoms with Gasteiger partial charge in [-0.3, -0.25) is 19.3 Å². The molecule has 2 amide bonds. The summed E-state index contributed by atoms with van der Waals surface area (Å²) in [6.07, 6.45) is -3.81. The summed E-state index contributed by atoms with van der Waals surface area (Å²) < 4.78 is 41.5. The van der Waals surface area contributed by atoms with Crippen molar-refractivity contribution in [1.82, 2.24) is 24.9 Å². The smallest absolute Gasteiger partial charge is 0.353 e. The van der Waals surface area contributed by atoms with Gasteiger partial charge in [0.1, 0.15) is 0 Å². The van der Waals surface area contributed by atoms with Crippen LogP contribution in [0, 0.1) is 6.92 Å². The minimum Gasteiger partial charge on any atom is -0.353 e. The van der Waals surface area contributed by atoms with Crippen molar-refractivity contribution in [2.45, 2.75) is 39.4 Å². The molecule has 0 spiro atoms. The van der Waals surface area contributed by atoms with Crippen LogP contribution < -0.4 is 10.7 Å². The van der Waals surface area contributed by atoms with Gasteiger partial charge in [-0.2, -0.15) is 18.3 Å². The van der Waals surface area contributed by atoms with E-state index in [1.807, 2.05) is 18.7 Å². The number of hydrogen-bond acceptors (Lipinski definition) is 5. The van der Waals surface area contributed by atoms with E-state index in [9.17, 15) is 27.6 Å². The minimum absolute atomic E-state index is 0.0765. The van der Waals surface area contributed by atoms with Crippen LogP contribution in [-0.4, -0.2) is 70.2 Å².